The van der Waals surface area contributed by atoms with E-state index in [2.05, 4.69) is 69.0 Å². The molecular formula is C29H32N6O4. The number of carbonyl (C=O) groups is 1. The second-order valence-corrected chi connectivity index (χ2v) is 9.85. The van der Waals surface area contributed by atoms with Gasteiger partial charge in [0.05, 0.1) is 19.2 Å². The number of aliphatic hydroxyl groups excluding tert-OH is 2. The zero-order valence-electron chi connectivity index (χ0n) is 21.6. The molecule has 5 rings (SSSR count). The molecule has 1 saturated carbocycles. The second-order valence-electron chi connectivity index (χ2n) is 9.85. The summed E-state index contributed by atoms with van der Waals surface area (Å²) >= 11 is 0. The van der Waals surface area contributed by atoms with Crippen molar-refractivity contribution in [3.63, 3.8) is 0 Å². The van der Waals surface area contributed by atoms with Gasteiger partial charge in [-0.1, -0.05) is 65.8 Å². The lowest BCUT2D eigenvalue weighted by molar-refractivity contribution is 0.0958. The molecule has 0 aliphatic heterocycles. The van der Waals surface area contributed by atoms with Gasteiger partial charge in [0.2, 0.25) is 0 Å². The first-order valence-electron chi connectivity index (χ1n) is 13.0. The van der Waals surface area contributed by atoms with Crippen LogP contribution in [0.1, 0.15) is 71.3 Å². The molecule has 1 aliphatic carbocycles. The molecule has 2 heterocycles. The Morgan fingerprint density at radius 2 is 1.87 bits per heavy atom. The predicted molar refractivity (Wildman–Crippen MR) is 145 cm³/mol. The van der Waals surface area contributed by atoms with Gasteiger partial charge < -0.3 is 30.4 Å². The van der Waals surface area contributed by atoms with Crippen LogP contribution in [0, 0.1) is 0 Å². The maximum atomic E-state index is 11.1. The number of primary amides is 1. The standard InChI is InChI=1S/C29H32N6O4/c1-18(37)28-31-12-13-35(28)25(17-36)11-4-19-2-5-20(6-3-19)21-7-9-22(10-8-21)23-14-24(15-23)32-16-26-33-29(27(30)38)39-34-26/h2-13,18,23-25,32,36-37H,14-17H2,1H3,(H2,30,38)/b11-4+/t18-,23?,24?,25?/m0/s1. The SMILES string of the molecule is C[C@H](O)c1nccn1C(/C=C/c1ccc(-c2ccc(C3CC(NCc4noc(C(N)=O)n4)C3)cc2)cc1)CO. The lowest BCUT2D eigenvalue weighted by atomic mass is 9.75. The molecule has 1 unspecified atom stereocenters. The molecule has 5 N–H and O–H groups in total. The van der Waals surface area contributed by atoms with Crippen molar-refractivity contribution in [2.24, 2.45) is 5.73 Å². The van der Waals surface area contributed by atoms with E-state index in [0.717, 1.165) is 29.5 Å². The van der Waals surface area contributed by atoms with Gasteiger partial charge >= 0.3 is 11.8 Å². The summed E-state index contributed by atoms with van der Waals surface area (Å²) in [6, 6.07) is 17.0. The zero-order valence-corrected chi connectivity index (χ0v) is 21.6. The highest BCUT2D eigenvalue weighted by Crippen LogP contribution is 2.37. The summed E-state index contributed by atoms with van der Waals surface area (Å²) in [6.07, 6.45) is 8.60. The Labute approximate surface area is 226 Å². The van der Waals surface area contributed by atoms with E-state index in [1.165, 1.54) is 5.56 Å². The van der Waals surface area contributed by atoms with E-state index in [1.54, 1.807) is 23.9 Å². The molecule has 2 aromatic heterocycles. The molecule has 10 heteroatoms. The van der Waals surface area contributed by atoms with Crippen molar-refractivity contribution < 1.29 is 19.5 Å². The number of hydrogen-bond donors (Lipinski definition) is 4. The van der Waals surface area contributed by atoms with Crippen molar-refractivity contribution in [1.82, 2.24) is 25.0 Å². The monoisotopic (exact) mass is 528 g/mol. The zero-order chi connectivity index (χ0) is 27.4. The van der Waals surface area contributed by atoms with Crippen molar-refractivity contribution >= 4 is 12.0 Å². The van der Waals surface area contributed by atoms with Crippen molar-refractivity contribution in [1.29, 1.82) is 0 Å². The molecule has 0 bridgehead atoms. The Bertz CT molecular complexity index is 1420. The minimum Gasteiger partial charge on any atom is -0.394 e. The van der Waals surface area contributed by atoms with E-state index in [4.69, 9.17) is 10.3 Å². The molecule has 1 amide bonds. The Hall–Kier alpha value is -4.12. The number of aromatic nitrogens is 4. The Balaban J connectivity index is 1.13. The van der Waals surface area contributed by atoms with Crippen LogP contribution >= 0.6 is 0 Å². The van der Waals surface area contributed by atoms with Gasteiger partial charge in [-0.3, -0.25) is 4.79 Å². The third kappa shape index (κ3) is 6.14. The highest BCUT2D eigenvalue weighted by atomic mass is 16.5. The number of nitrogens with one attached hydrogen (secondary N) is 1. The van der Waals surface area contributed by atoms with Crippen LogP contribution in [-0.4, -0.2) is 48.5 Å². The second kappa shape index (κ2) is 11.7. The summed E-state index contributed by atoms with van der Waals surface area (Å²) in [7, 11) is 0. The molecule has 1 aliphatic rings. The van der Waals surface area contributed by atoms with Crippen LogP contribution in [0.5, 0.6) is 0 Å². The van der Waals surface area contributed by atoms with Gasteiger partial charge in [0.1, 0.15) is 11.9 Å². The van der Waals surface area contributed by atoms with Crippen LogP contribution in [0.2, 0.25) is 0 Å². The number of nitrogens with two attached hydrogens (primary N) is 1. The topological polar surface area (TPSA) is 152 Å². The maximum Gasteiger partial charge on any atom is 0.315 e. The molecule has 2 aromatic carbocycles. The highest BCUT2D eigenvalue weighted by molar-refractivity contribution is 5.87. The summed E-state index contributed by atoms with van der Waals surface area (Å²) in [6.45, 7) is 2.00. The van der Waals surface area contributed by atoms with Gasteiger partial charge in [0.25, 0.3) is 0 Å². The number of carbonyl (C=O) groups excluding carboxylic acids is 1. The number of imidazole rings is 1. The summed E-state index contributed by atoms with van der Waals surface area (Å²) < 4.78 is 6.59. The fourth-order valence-electron chi connectivity index (χ4n) is 4.84. The molecule has 39 heavy (non-hydrogen) atoms. The van der Waals surface area contributed by atoms with Crippen LogP contribution in [0.3, 0.4) is 0 Å². The first-order chi connectivity index (χ1) is 18.9. The van der Waals surface area contributed by atoms with Gasteiger partial charge in [-0.25, -0.2) is 4.98 Å². The molecule has 0 radical (unpaired) electrons. The number of rotatable bonds is 11. The van der Waals surface area contributed by atoms with E-state index >= 15 is 0 Å². The predicted octanol–water partition coefficient (Wildman–Crippen LogP) is 3.37. The molecule has 0 spiro atoms. The first kappa shape index (κ1) is 26.5. The Morgan fingerprint density at radius 3 is 2.49 bits per heavy atom. The van der Waals surface area contributed by atoms with E-state index in [-0.39, 0.29) is 18.5 Å². The van der Waals surface area contributed by atoms with E-state index < -0.39 is 12.0 Å². The fourth-order valence-corrected chi connectivity index (χ4v) is 4.84. The lowest BCUT2D eigenvalue weighted by Crippen LogP contribution is -2.39. The number of hydrogen-bond acceptors (Lipinski definition) is 8. The Kier molecular flexibility index (Phi) is 7.97. The van der Waals surface area contributed by atoms with Gasteiger partial charge in [-0.2, -0.15) is 4.98 Å². The van der Waals surface area contributed by atoms with Crippen molar-refractivity contribution in [2.45, 2.75) is 50.4 Å². The number of nitrogens with zero attached hydrogens (tertiary/aromatic N) is 4. The van der Waals surface area contributed by atoms with Gasteiger partial charge in [0, 0.05) is 18.4 Å². The molecule has 1 fully saturated rings. The molecule has 2 atom stereocenters. The van der Waals surface area contributed by atoms with Crippen molar-refractivity contribution in [3.8, 4) is 11.1 Å². The molecule has 10 nitrogen and oxygen atoms in total. The van der Waals surface area contributed by atoms with Crippen molar-refractivity contribution in [3.05, 3.63) is 95.7 Å². The fraction of sp³-hybridized carbons (Fsp3) is 0.310. The third-order valence-corrected chi connectivity index (χ3v) is 7.12. The Morgan fingerprint density at radius 1 is 1.18 bits per heavy atom. The third-order valence-electron chi connectivity index (χ3n) is 7.12. The normalized spacial score (nSPS) is 18.6. The molecule has 0 saturated heterocycles. The maximum absolute atomic E-state index is 11.1. The summed E-state index contributed by atoms with van der Waals surface area (Å²) in [5.74, 6) is 0.557. The molecular weight excluding hydrogens is 496 g/mol. The van der Waals surface area contributed by atoms with E-state index in [1.807, 2.05) is 12.2 Å². The lowest BCUT2D eigenvalue weighted by Gasteiger charge is -2.36. The average Bonchev–Trinajstić information content (AvgIpc) is 3.60. The summed E-state index contributed by atoms with van der Waals surface area (Å²) in [4.78, 5) is 19.2. The van der Waals surface area contributed by atoms with Crippen LogP contribution in [0.4, 0.5) is 0 Å². The summed E-state index contributed by atoms with van der Waals surface area (Å²) in [5, 5.41) is 26.9. The average molecular weight is 529 g/mol. The van der Waals surface area contributed by atoms with E-state index in [9.17, 15) is 15.0 Å². The van der Waals surface area contributed by atoms with Crippen molar-refractivity contribution in [2.75, 3.05) is 6.61 Å². The smallest absolute Gasteiger partial charge is 0.315 e. The van der Waals surface area contributed by atoms with Crippen LogP contribution < -0.4 is 11.1 Å². The minimum atomic E-state index is -0.723. The van der Waals surface area contributed by atoms with Crippen LogP contribution in [-0.2, 0) is 6.54 Å². The molecule has 4 aromatic rings. The summed E-state index contributed by atoms with van der Waals surface area (Å²) in [5.41, 5.74) is 9.76. The van der Waals surface area contributed by atoms with Crippen LogP contribution in [0.15, 0.2) is 71.5 Å². The highest BCUT2D eigenvalue weighted by Gasteiger charge is 2.30. The largest absolute Gasteiger partial charge is 0.394 e. The number of benzene rings is 2. The van der Waals surface area contributed by atoms with Crippen LogP contribution in [0.25, 0.3) is 17.2 Å². The molecule has 202 valence electrons. The minimum absolute atomic E-state index is 0.0918. The quantitative estimate of drug-likeness (QED) is 0.231. The number of aliphatic hydroxyl groups is 2. The van der Waals surface area contributed by atoms with Gasteiger partial charge in [-0.15, -0.1) is 0 Å². The first-order valence-corrected chi connectivity index (χ1v) is 13.0. The van der Waals surface area contributed by atoms with Gasteiger partial charge in [-0.05, 0) is 47.9 Å². The van der Waals surface area contributed by atoms with Gasteiger partial charge in [0.15, 0.2) is 5.82 Å². The number of amides is 1. The van der Waals surface area contributed by atoms with E-state index in [0.29, 0.717) is 30.2 Å².